The predicted octanol–water partition coefficient (Wildman–Crippen LogP) is 3.13. The molecular weight excluding hydrogens is 364 g/mol. The first-order valence-electron chi connectivity index (χ1n) is 11.3. The molecule has 4 atom stereocenters. The number of nitrogens with zero attached hydrogens (tertiary/aromatic N) is 1. The van der Waals surface area contributed by atoms with Gasteiger partial charge in [0.2, 0.25) is 5.91 Å². The van der Waals surface area contributed by atoms with Gasteiger partial charge in [0.1, 0.15) is 0 Å². The Labute approximate surface area is 174 Å². The van der Waals surface area contributed by atoms with Crippen molar-refractivity contribution in [3.8, 4) is 0 Å². The van der Waals surface area contributed by atoms with Crippen LogP contribution in [0.2, 0.25) is 0 Å². The summed E-state index contributed by atoms with van der Waals surface area (Å²) < 4.78 is 5.47. The van der Waals surface area contributed by atoms with Gasteiger partial charge in [-0.15, -0.1) is 0 Å². The quantitative estimate of drug-likeness (QED) is 0.815. The average Bonchev–Trinajstić information content (AvgIpc) is 3.13. The number of aliphatic hydroxyl groups is 1. The molecule has 4 rings (SSSR count). The van der Waals surface area contributed by atoms with Gasteiger partial charge in [-0.2, -0.15) is 0 Å². The molecule has 1 aliphatic carbocycles. The summed E-state index contributed by atoms with van der Waals surface area (Å²) in [6.45, 7) is 9.14. The summed E-state index contributed by atoms with van der Waals surface area (Å²) in [4.78, 5) is 15.8. The van der Waals surface area contributed by atoms with E-state index < -0.39 is 11.5 Å². The summed E-state index contributed by atoms with van der Waals surface area (Å²) in [5, 5.41) is 14.5. The molecule has 1 unspecified atom stereocenters. The lowest BCUT2D eigenvalue weighted by atomic mass is 9.78. The van der Waals surface area contributed by atoms with E-state index in [9.17, 15) is 9.90 Å². The van der Waals surface area contributed by atoms with Crippen LogP contribution in [-0.2, 0) is 16.1 Å². The fraction of sp³-hybridized carbons (Fsp3) is 0.708. The van der Waals surface area contributed by atoms with Crippen molar-refractivity contribution in [2.24, 2.45) is 5.41 Å². The Kier molecular flexibility index (Phi) is 6.01. The maximum atomic E-state index is 13.8. The minimum absolute atomic E-state index is 0.141. The van der Waals surface area contributed by atoms with Crippen LogP contribution in [0.4, 0.5) is 0 Å². The van der Waals surface area contributed by atoms with E-state index in [1.807, 2.05) is 4.90 Å². The van der Waals surface area contributed by atoms with E-state index in [2.05, 4.69) is 37.4 Å². The second-order valence-corrected chi connectivity index (χ2v) is 9.61. The SMILES string of the molecule is Cc1ccc2c(c1)CN(C(=O)[C@@]1([C@@H](C)O)CC[C@@H](NC3CCOCC3)C1)CC2C. The number of aryl methyl sites for hydroxylation is 1. The highest BCUT2D eigenvalue weighted by atomic mass is 16.5. The molecule has 0 aromatic heterocycles. The Morgan fingerprint density at radius 2 is 2.03 bits per heavy atom. The van der Waals surface area contributed by atoms with Gasteiger partial charge in [0.25, 0.3) is 0 Å². The van der Waals surface area contributed by atoms with Gasteiger partial charge in [0, 0.05) is 38.4 Å². The summed E-state index contributed by atoms with van der Waals surface area (Å²) in [6, 6.07) is 7.36. The van der Waals surface area contributed by atoms with Crippen molar-refractivity contribution in [1.82, 2.24) is 10.2 Å². The van der Waals surface area contributed by atoms with E-state index in [-0.39, 0.29) is 5.91 Å². The number of rotatable bonds is 4. The van der Waals surface area contributed by atoms with E-state index in [0.717, 1.165) is 51.9 Å². The number of hydrogen-bond acceptors (Lipinski definition) is 4. The molecule has 1 saturated carbocycles. The summed E-state index contributed by atoms with van der Waals surface area (Å²) in [7, 11) is 0. The second-order valence-electron chi connectivity index (χ2n) is 9.61. The molecule has 29 heavy (non-hydrogen) atoms. The van der Waals surface area contributed by atoms with Crippen molar-refractivity contribution in [3.05, 3.63) is 34.9 Å². The smallest absolute Gasteiger partial charge is 0.231 e. The number of amides is 1. The minimum atomic E-state index is -0.663. The number of fused-ring (bicyclic) bond motifs is 1. The number of nitrogens with one attached hydrogen (secondary N) is 1. The third-order valence-electron chi connectivity index (χ3n) is 7.44. The lowest BCUT2D eigenvalue weighted by molar-refractivity contribution is -0.150. The molecule has 1 saturated heterocycles. The zero-order valence-corrected chi connectivity index (χ0v) is 18.1. The first-order chi connectivity index (χ1) is 13.9. The van der Waals surface area contributed by atoms with Crippen molar-refractivity contribution in [2.45, 2.75) is 83.5 Å². The third kappa shape index (κ3) is 4.10. The number of benzene rings is 1. The van der Waals surface area contributed by atoms with Crippen LogP contribution in [0.1, 0.15) is 68.6 Å². The maximum absolute atomic E-state index is 13.8. The van der Waals surface area contributed by atoms with E-state index in [4.69, 9.17) is 4.74 Å². The fourth-order valence-electron chi connectivity index (χ4n) is 5.69. The van der Waals surface area contributed by atoms with Gasteiger partial charge in [-0.3, -0.25) is 4.79 Å². The lowest BCUT2D eigenvalue weighted by Crippen LogP contribution is -2.51. The molecule has 0 bridgehead atoms. The molecule has 5 nitrogen and oxygen atoms in total. The van der Waals surface area contributed by atoms with Gasteiger partial charge in [-0.05, 0) is 63.0 Å². The Hall–Kier alpha value is -1.43. The molecule has 2 N–H and O–H groups in total. The van der Waals surface area contributed by atoms with E-state index in [0.29, 0.717) is 24.5 Å². The molecule has 1 amide bonds. The van der Waals surface area contributed by atoms with Crippen LogP contribution in [0.15, 0.2) is 18.2 Å². The van der Waals surface area contributed by atoms with Gasteiger partial charge < -0.3 is 20.1 Å². The van der Waals surface area contributed by atoms with Gasteiger partial charge in [-0.1, -0.05) is 30.7 Å². The van der Waals surface area contributed by atoms with Gasteiger partial charge in [0.05, 0.1) is 11.5 Å². The first kappa shape index (κ1) is 20.8. The van der Waals surface area contributed by atoms with Crippen LogP contribution in [0.25, 0.3) is 0 Å². The standard InChI is InChI=1S/C24H36N2O3/c1-16-4-5-22-17(2)14-26(15-19(22)12-16)23(28)24(18(3)27)9-6-21(13-24)25-20-7-10-29-11-8-20/h4-5,12,17-18,20-21,25,27H,6-11,13-15H2,1-3H3/t17?,18-,21-,24+/m1/s1. The fourth-order valence-corrected chi connectivity index (χ4v) is 5.69. The number of ether oxygens (including phenoxy) is 1. The van der Waals surface area contributed by atoms with Crippen molar-refractivity contribution >= 4 is 5.91 Å². The Balaban J connectivity index is 1.49. The van der Waals surface area contributed by atoms with Crippen molar-refractivity contribution in [1.29, 1.82) is 0 Å². The molecule has 5 heteroatoms. The molecule has 0 spiro atoms. The Morgan fingerprint density at radius 3 is 2.76 bits per heavy atom. The molecule has 0 radical (unpaired) electrons. The van der Waals surface area contributed by atoms with Gasteiger partial charge >= 0.3 is 0 Å². The molecule has 160 valence electrons. The molecule has 2 aliphatic heterocycles. The highest BCUT2D eigenvalue weighted by Crippen LogP contribution is 2.44. The molecule has 2 heterocycles. The van der Waals surface area contributed by atoms with Crippen LogP contribution in [-0.4, -0.2) is 53.9 Å². The normalized spacial score (nSPS) is 31.5. The molecule has 1 aromatic carbocycles. The van der Waals surface area contributed by atoms with Crippen LogP contribution >= 0.6 is 0 Å². The van der Waals surface area contributed by atoms with Gasteiger partial charge in [-0.25, -0.2) is 0 Å². The average molecular weight is 401 g/mol. The number of hydrogen-bond donors (Lipinski definition) is 2. The van der Waals surface area contributed by atoms with Crippen LogP contribution in [0, 0.1) is 12.3 Å². The van der Waals surface area contributed by atoms with Crippen LogP contribution in [0.3, 0.4) is 0 Å². The molecule has 2 fully saturated rings. The van der Waals surface area contributed by atoms with Gasteiger partial charge in [0.15, 0.2) is 0 Å². The molecule has 3 aliphatic rings. The monoisotopic (exact) mass is 400 g/mol. The Morgan fingerprint density at radius 1 is 1.28 bits per heavy atom. The van der Waals surface area contributed by atoms with Crippen molar-refractivity contribution < 1.29 is 14.6 Å². The highest BCUT2D eigenvalue weighted by Gasteiger charge is 2.51. The second kappa shape index (κ2) is 8.37. The molecule has 1 aromatic rings. The third-order valence-corrected chi connectivity index (χ3v) is 7.44. The Bertz CT molecular complexity index is 744. The summed E-state index contributed by atoms with van der Waals surface area (Å²) >= 11 is 0. The van der Waals surface area contributed by atoms with E-state index in [1.54, 1.807) is 6.92 Å². The minimum Gasteiger partial charge on any atom is -0.392 e. The largest absolute Gasteiger partial charge is 0.392 e. The zero-order chi connectivity index (χ0) is 20.6. The predicted molar refractivity (Wildman–Crippen MR) is 114 cm³/mol. The number of carbonyl (C=O) groups excluding carboxylic acids is 1. The van der Waals surface area contributed by atoms with Crippen molar-refractivity contribution in [2.75, 3.05) is 19.8 Å². The topological polar surface area (TPSA) is 61.8 Å². The zero-order valence-electron chi connectivity index (χ0n) is 18.1. The highest BCUT2D eigenvalue weighted by molar-refractivity contribution is 5.84. The van der Waals surface area contributed by atoms with Crippen LogP contribution < -0.4 is 5.32 Å². The van der Waals surface area contributed by atoms with E-state index in [1.165, 1.54) is 16.7 Å². The van der Waals surface area contributed by atoms with E-state index >= 15 is 0 Å². The summed E-state index contributed by atoms with van der Waals surface area (Å²) in [5.74, 6) is 0.467. The maximum Gasteiger partial charge on any atom is 0.231 e. The summed E-state index contributed by atoms with van der Waals surface area (Å²) in [6.07, 6.45) is 3.87. The summed E-state index contributed by atoms with van der Waals surface area (Å²) in [5.41, 5.74) is 3.19. The van der Waals surface area contributed by atoms with Crippen molar-refractivity contribution in [3.63, 3.8) is 0 Å². The molecular formula is C24H36N2O3. The number of carbonyl (C=O) groups is 1. The first-order valence-corrected chi connectivity index (χ1v) is 11.3. The van der Waals surface area contributed by atoms with Crippen LogP contribution in [0.5, 0.6) is 0 Å². The lowest BCUT2D eigenvalue weighted by Gasteiger charge is -2.41. The number of aliphatic hydroxyl groups excluding tert-OH is 1.